The molecular formula is C16H14N2. The van der Waals surface area contributed by atoms with E-state index in [4.69, 9.17) is 0 Å². The topological polar surface area (TPSA) is 17.3 Å². The Morgan fingerprint density at radius 2 is 2.00 bits per heavy atom. The summed E-state index contributed by atoms with van der Waals surface area (Å²) in [6.07, 6.45) is 2.16. The highest BCUT2D eigenvalue weighted by molar-refractivity contribution is 5.87. The zero-order valence-corrected chi connectivity index (χ0v) is 10.5. The maximum atomic E-state index is 4.69. The predicted molar refractivity (Wildman–Crippen MR) is 75.1 cm³/mol. The summed E-state index contributed by atoms with van der Waals surface area (Å²) in [5.74, 6) is 0. The number of para-hydroxylation sites is 1. The number of pyridine rings is 1. The SMILES string of the molecule is C=c1c(=C)c2nc(C)c3n2c2c(cccc12)CC3. The van der Waals surface area contributed by atoms with E-state index in [0.717, 1.165) is 34.6 Å². The molecule has 0 aliphatic carbocycles. The van der Waals surface area contributed by atoms with Crippen LogP contribution in [0, 0.1) is 6.92 Å². The molecule has 3 aromatic rings. The van der Waals surface area contributed by atoms with Crippen molar-refractivity contribution >= 4 is 29.7 Å². The number of aryl methyl sites for hydroxylation is 3. The zero-order valence-electron chi connectivity index (χ0n) is 10.5. The van der Waals surface area contributed by atoms with Gasteiger partial charge in [-0.05, 0) is 30.5 Å². The molecule has 4 rings (SSSR count). The number of rotatable bonds is 0. The zero-order chi connectivity index (χ0) is 12.4. The lowest BCUT2D eigenvalue weighted by atomic mass is 9.99. The van der Waals surface area contributed by atoms with Crippen LogP contribution in [0.4, 0.5) is 0 Å². The van der Waals surface area contributed by atoms with Crippen molar-refractivity contribution in [2.45, 2.75) is 19.8 Å². The highest BCUT2D eigenvalue weighted by Gasteiger charge is 2.19. The average molecular weight is 234 g/mol. The first-order chi connectivity index (χ1) is 8.68. The minimum atomic E-state index is 0.955. The summed E-state index contributed by atoms with van der Waals surface area (Å²) in [5, 5.41) is 3.18. The predicted octanol–water partition coefficient (Wildman–Crippen LogP) is 1.72. The van der Waals surface area contributed by atoms with Crippen LogP contribution in [-0.2, 0) is 12.8 Å². The summed E-state index contributed by atoms with van der Waals surface area (Å²) in [5.41, 5.74) is 6.12. The van der Waals surface area contributed by atoms with Crippen LogP contribution in [0.1, 0.15) is 17.0 Å². The van der Waals surface area contributed by atoms with E-state index >= 15 is 0 Å². The summed E-state index contributed by atoms with van der Waals surface area (Å²) in [7, 11) is 0. The molecule has 0 amide bonds. The molecule has 1 aliphatic heterocycles. The molecule has 0 spiro atoms. The fourth-order valence-electron chi connectivity index (χ4n) is 3.15. The molecule has 2 heteroatoms. The first-order valence-electron chi connectivity index (χ1n) is 6.28. The highest BCUT2D eigenvalue weighted by atomic mass is 15.0. The number of aromatic nitrogens is 2. The van der Waals surface area contributed by atoms with Crippen molar-refractivity contribution in [3.8, 4) is 0 Å². The fourth-order valence-corrected chi connectivity index (χ4v) is 3.15. The first kappa shape index (κ1) is 9.89. The third-order valence-corrected chi connectivity index (χ3v) is 4.11. The molecule has 0 saturated carbocycles. The third-order valence-electron chi connectivity index (χ3n) is 4.11. The molecule has 1 aromatic carbocycles. The Kier molecular flexibility index (Phi) is 1.66. The standard InChI is InChI=1S/C16H14N2/c1-9-10(2)16-17-11(3)14-8-7-12-5-4-6-13(9)15(12)18(14)16/h4-6H,1-2,7-8H2,3H3. The minimum absolute atomic E-state index is 0.955. The van der Waals surface area contributed by atoms with Crippen molar-refractivity contribution in [2.75, 3.05) is 0 Å². The van der Waals surface area contributed by atoms with Crippen molar-refractivity contribution in [1.82, 2.24) is 9.38 Å². The van der Waals surface area contributed by atoms with Crippen LogP contribution in [0.2, 0.25) is 0 Å². The van der Waals surface area contributed by atoms with Gasteiger partial charge in [0, 0.05) is 16.3 Å². The second kappa shape index (κ2) is 3.02. The average Bonchev–Trinajstić information content (AvgIpc) is 2.73. The maximum absolute atomic E-state index is 4.69. The van der Waals surface area contributed by atoms with Crippen molar-refractivity contribution < 1.29 is 0 Å². The van der Waals surface area contributed by atoms with Crippen molar-refractivity contribution in [3.63, 3.8) is 0 Å². The number of benzene rings is 1. The summed E-state index contributed by atoms with van der Waals surface area (Å²) in [6.45, 7) is 10.4. The number of hydrogen-bond acceptors (Lipinski definition) is 1. The molecule has 0 radical (unpaired) electrons. The molecule has 0 fully saturated rings. The Labute approximate surface area is 105 Å². The van der Waals surface area contributed by atoms with Gasteiger partial charge in [0.25, 0.3) is 0 Å². The van der Waals surface area contributed by atoms with E-state index in [1.165, 1.54) is 22.2 Å². The summed E-state index contributed by atoms with van der Waals surface area (Å²) < 4.78 is 2.29. The molecule has 0 atom stereocenters. The molecule has 18 heavy (non-hydrogen) atoms. The molecule has 0 saturated heterocycles. The molecule has 2 nitrogen and oxygen atoms in total. The summed E-state index contributed by atoms with van der Waals surface area (Å²) >= 11 is 0. The van der Waals surface area contributed by atoms with E-state index < -0.39 is 0 Å². The van der Waals surface area contributed by atoms with Crippen LogP contribution in [0.25, 0.3) is 29.7 Å². The van der Waals surface area contributed by atoms with E-state index in [1.807, 2.05) is 0 Å². The van der Waals surface area contributed by atoms with Crippen molar-refractivity contribution in [1.29, 1.82) is 0 Å². The quantitative estimate of drug-likeness (QED) is 0.579. The van der Waals surface area contributed by atoms with Gasteiger partial charge in [0.1, 0.15) is 5.65 Å². The van der Waals surface area contributed by atoms with Crippen LogP contribution < -0.4 is 10.4 Å². The molecule has 2 aromatic heterocycles. The number of nitrogens with zero attached hydrogens (tertiary/aromatic N) is 2. The van der Waals surface area contributed by atoms with Gasteiger partial charge in [-0.1, -0.05) is 31.4 Å². The summed E-state index contributed by atoms with van der Waals surface area (Å²) in [4.78, 5) is 4.69. The van der Waals surface area contributed by atoms with Gasteiger partial charge < -0.3 is 0 Å². The van der Waals surface area contributed by atoms with Gasteiger partial charge in [-0.25, -0.2) is 4.98 Å². The van der Waals surface area contributed by atoms with E-state index in [9.17, 15) is 0 Å². The molecular weight excluding hydrogens is 220 g/mol. The van der Waals surface area contributed by atoms with Gasteiger partial charge in [-0.15, -0.1) is 0 Å². The second-order valence-electron chi connectivity index (χ2n) is 5.07. The Bertz CT molecular complexity index is 916. The van der Waals surface area contributed by atoms with E-state index in [0.29, 0.717) is 0 Å². The molecule has 88 valence electrons. The van der Waals surface area contributed by atoms with Crippen LogP contribution >= 0.6 is 0 Å². The third kappa shape index (κ3) is 0.969. The largest absolute Gasteiger partial charge is 0.296 e. The van der Waals surface area contributed by atoms with E-state index in [1.54, 1.807) is 0 Å². The highest BCUT2D eigenvalue weighted by Crippen LogP contribution is 2.26. The Morgan fingerprint density at radius 1 is 1.17 bits per heavy atom. The second-order valence-corrected chi connectivity index (χ2v) is 5.07. The van der Waals surface area contributed by atoms with Gasteiger partial charge in [-0.2, -0.15) is 0 Å². The smallest absolute Gasteiger partial charge is 0.145 e. The van der Waals surface area contributed by atoms with Gasteiger partial charge in [0.2, 0.25) is 0 Å². The lowest BCUT2D eigenvalue weighted by Gasteiger charge is -2.17. The van der Waals surface area contributed by atoms with Gasteiger partial charge in [0.05, 0.1) is 11.2 Å². The lowest BCUT2D eigenvalue weighted by Crippen LogP contribution is -2.27. The van der Waals surface area contributed by atoms with Crippen molar-refractivity contribution in [3.05, 3.63) is 45.6 Å². The van der Waals surface area contributed by atoms with Crippen LogP contribution in [-0.4, -0.2) is 9.38 Å². The molecule has 0 unspecified atom stereocenters. The molecule has 3 heterocycles. The molecule has 1 aliphatic rings. The van der Waals surface area contributed by atoms with Gasteiger partial charge in [-0.3, -0.25) is 4.40 Å². The number of hydrogen-bond donors (Lipinski definition) is 0. The Balaban J connectivity index is 2.52. The Hall–Kier alpha value is -2.09. The van der Waals surface area contributed by atoms with Crippen molar-refractivity contribution in [2.24, 2.45) is 0 Å². The lowest BCUT2D eigenvalue weighted by molar-refractivity contribution is 0.864. The maximum Gasteiger partial charge on any atom is 0.145 e. The normalized spacial score (nSPS) is 13.8. The molecule has 0 bridgehead atoms. The van der Waals surface area contributed by atoms with Crippen LogP contribution in [0.3, 0.4) is 0 Å². The molecule has 0 N–H and O–H groups in total. The van der Waals surface area contributed by atoms with E-state index in [-0.39, 0.29) is 0 Å². The fraction of sp³-hybridized carbons (Fsp3) is 0.188. The monoisotopic (exact) mass is 234 g/mol. The van der Waals surface area contributed by atoms with E-state index in [2.05, 4.69) is 47.7 Å². The van der Waals surface area contributed by atoms with Gasteiger partial charge >= 0.3 is 0 Å². The number of imidazole rings is 1. The van der Waals surface area contributed by atoms with Gasteiger partial charge in [0.15, 0.2) is 0 Å². The minimum Gasteiger partial charge on any atom is -0.296 e. The van der Waals surface area contributed by atoms with Crippen LogP contribution in [0.15, 0.2) is 18.2 Å². The Morgan fingerprint density at radius 3 is 2.83 bits per heavy atom. The van der Waals surface area contributed by atoms with Crippen LogP contribution in [0.5, 0.6) is 0 Å². The first-order valence-corrected chi connectivity index (χ1v) is 6.28. The summed E-state index contributed by atoms with van der Waals surface area (Å²) in [6, 6.07) is 6.47.